The van der Waals surface area contributed by atoms with Gasteiger partial charge >= 0.3 is 10.2 Å². The number of nitrogens with zero attached hydrogens (tertiary/aromatic N) is 3. The van der Waals surface area contributed by atoms with Crippen LogP contribution in [0.15, 0.2) is 65.7 Å². The molecule has 1 heterocycles. The van der Waals surface area contributed by atoms with Gasteiger partial charge in [0.15, 0.2) is 0 Å². The van der Waals surface area contributed by atoms with E-state index in [1.807, 2.05) is 55.5 Å². The normalized spacial score (nSPS) is 14.2. The summed E-state index contributed by atoms with van der Waals surface area (Å²) in [7, 11) is -4.16. The van der Waals surface area contributed by atoms with Crippen LogP contribution in [0.3, 0.4) is 0 Å². The van der Waals surface area contributed by atoms with E-state index >= 15 is 0 Å². The molecule has 5 N–H and O–H groups in total. The Bertz CT molecular complexity index is 1490. The summed E-state index contributed by atoms with van der Waals surface area (Å²) in [4.78, 5) is 18.3. The van der Waals surface area contributed by atoms with E-state index in [-0.39, 0.29) is 37.5 Å². The summed E-state index contributed by atoms with van der Waals surface area (Å²) in [5.74, 6) is 1.04. The van der Waals surface area contributed by atoms with Crippen molar-refractivity contribution in [3.63, 3.8) is 0 Å². The molecule has 0 bridgehead atoms. The third-order valence-corrected chi connectivity index (χ3v) is 7.49. The van der Waals surface area contributed by atoms with Crippen molar-refractivity contribution in [3.05, 3.63) is 71.8 Å². The van der Waals surface area contributed by atoms with Crippen LogP contribution in [0, 0.1) is 5.41 Å². The number of aliphatic imine (C=N–C) groups is 1. The fourth-order valence-corrected chi connectivity index (χ4v) is 5.09. The number of likely N-dealkylation sites (tertiary alicyclic amines) is 1. The average Bonchev–Trinajstić information content (AvgIpc) is 2.87. The Morgan fingerprint density at radius 2 is 1.65 bits per heavy atom. The number of amidine groups is 2. The maximum Gasteiger partial charge on any atom is 0.301 e. The Kier molecular flexibility index (Phi) is 11.3. The topological polar surface area (TPSA) is 155 Å². The first kappa shape index (κ1) is 32.8. The molecule has 10 nitrogen and oxygen atoms in total. The quantitative estimate of drug-likeness (QED) is 0.271. The molecular weight excluding hydrogens is 575 g/mol. The van der Waals surface area contributed by atoms with Crippen LogP contribution in [0.1, 0.15) is 37.8 Å². The van der Waals surface area contributed by atoms with Gasteiger partial charge < -0.3 is 15.4 Å². The van der Waals surface area contributed by atoms with Gasteiger partial charge in [-0.05, 0) is 59.7 Å². The smallest absolute Gasteiger partial charge is 0.301 e. The zero-order valence-corrected chi connectivity index (χ0v) is 24.7. The largest absolute Gasteiger partial charge is 0.490 e. The number of benzene rings is 3. The maximum atomic E-state index is 11.7. The van der Waals surface area contributed by atoms with Gasteiger partial charge in [0.1, 0.15) is 17.7 Å². The molecule has 3 aromatic carbocycles. The van der Waals surface area contributed by atoms with Crippen molar-refractivity contribution in [1.29, 1.82) is 5.41 Å². The second-order valence-corrected chi connectivity index (χ2v) is 10.8. The number of ether oxygens (including phenoxy) is 1. The second kappa shape index (κ2) is 13.8. The number of nitrogens with one attached hydrogen (secondary N) is 1. The van der Waals surface area contributed by atoms with E-state index in [0.29, 0.717) is 32.8 Å². The van der Waals surface area contributed by atoms with E-state index < -0.39 is 16.1 Å². The van der Waals surface area contributed by atoms with Gasteiger partial charge in [-0.3, -0.25) is 10.2 Å². The van der Waals surface area contributed by atoms with Gasteiger partial charge in [-0.15, -0.1) is 24.8 Å². The zero-order valence-electron chi connectivity index (χ0n) is 22.2. The van der Waals surface area contributed by atoms with Crippen molar-refractivity contribution >= 4 is 69.1 Å². The standard InChI is InChI=1S/C27H32N6O4S.2ClH/c1-18(28)32-13-11-26(12-14-32)37-25-9-7-24(8-10-25)31-27(29)22-6-5-21-4-3-20(15-23(21)16-22)17-33(19(2)34)38(30,35)36;;/h3-10,15-16,26,28H,11-14,17H2,1-2H3,(H2,29,31)(H2,30,35,36);2*1H. The summed E-state index contributed by atoms with van der Waals surface area (Å²) in [6.45, 7) is 4.46. The van der Waals surface area contributed by atoms with Gasteiger partial charge in [0.2, 0.25) is 5.91 Å². The summed E-state index contributed by atoms with van der Waals surface area (Å²) >= 11 is 0. The fourth-order valence-electron chi connectivity index (χ4n) is 4.40. The van der Waals surface area contributed by atoms with E-state index in [1.165, 1.54) is 0 Å². The summed E-state index contributed by atoms with van der Waals surface area (Å²) in [5.41, 5.74) is 8.31. The van der Waals surface area contributed by atoms with Crippen LogP contribution in [0.5, 0.6) is 5.75 Å². The lowest BCUT2D eigenvalue weighted by Crippen LogP contribution is -2.40. The molecule has 4 rings (SSSR count). The number of piperidine rings is 1. The van der Waals surface area contributed by atoms with Gasteiger partial charge in [0, 0.05) is 38.4 Å². The van der Waals surface area contributed by atoms with Gasteiger partial charge in [-0.25, -0.2) is 14.4 Å². The van der Waals surface area contributed by atoms with Crippen molar-refractivity contribution in [2.75, 3.05) is 13.1 Å². The van der Waals surface area contributed by atoms with Crippen molar-refractivity contribution < 1.29 is 17.9 Å². The lowest BCUT2D eigenvalue weighted by Gasteiger charge is -2.32. The monoisotopic (exact) mass is 608 g/mol. The zero-order chi connectivity index (χ0) is 27.4. The minimum absolute atomic E-state index is 0. The summed E-state index contributed by atoms with van der Waals surface area (Å²) < 4.78 is 30.2. The molecule has 1 aliphatic rings. The van der Waals surface area contributed by atoms with Crippen molar-refractivity contribution in [2.24, 2.45) is 15.9 Å². The van der Waals surface area contributed by atoms with Gasteiger partial charge in [0.05, 0.1) is 18.1 Å². The summed E-state index contributed by atoms with van der Waals surface area (Å²) in [6.07, 6.45) is 1.88. The molecule has 216 valence electrons. The highest BCUT2D eigenvalue weighted by atomic mass is 35.5. The Morgan fingerprint density at radius 3 is 2.23 bits per heavy atom. The molecule has 0 saturated carbocycles. The Labute approximate surface area is 246 Å². The summed E-state index contributed by atoms with van der Waals surface area (Å²) in [6, 6.07) is 18.5. The first-order chi connectivity index (χ1) is 18.0. The molecule has 1 amide bonds. The van der Waals surface area contributed by atoms with Gasteiger partial charge in [0.25, 0.3) is 0 Å². The molecule has 0 unspecified atom stereocenters. The number of rotatable bonds is 7. The van der Waals surface area contributed by atoms with Crippen LogP contribution in [0.2, 0.25) is 0 Å². The first-order valence-electron chi connectivity index (χ1n) is 12.2. The molecule has 0 radical (unpaired) electrons. The molecule has 1 aliphatic heterocycles. The minimum Gasteiger partial charge on any atom is -0.490 e. The number of halogens is 2. The number of hydrogen-bond donors (Lipinski definition) is 3. The fraction of sp³-hybridized carbons (Fsp3) is 0.296. The van der Waals surface area contributed by atoms with Gasteiger partial charge in [-0.1, -0.05) is 24.3 Å². The predicted molar refractivity (Wildman–Crippen MR) is 163 cm³/mol. The number of carbonyl (C=O) groups excluding carboxylic acids is 1. The van der Waals surface area contributed by atoms with Crippen molar-refractivity contribution in [1.82, 2.24) is 9.21 Å². The Balaban J connectivity index is 0.00000280. The summed E-state index contributed by atoms with van der Waals surface area (Å²) in [5, 5.41) is 14.7. The maximum absolute atomic E-state index is 11.7. The van der Waals surface area contributed by atoms with Crippen LogP contribution in [0.4, 0.5) is 5.69 Å². The van der Waals surface area contributed by atoms with Crippen LogP contribution >= 0.6 is 24.8 Å². The second-order valence-electron chi connectivity index (χ2n) is 9.35. The van der Waals surface area contributed by atoms with Crippen molar-refractivity contribution in [2.45, 2.75) is 39.3 Å². The highest BCUT2D eigenvalue weighted by Crippen LogP contribution is 2.24. The Hall–Kier alpha value is -3.38. The molecule has 1 saturated heterocycles. The molecule has 1 fully saturated rings. The van der Waals surface area contributed by atoms with Crippen LogP contribution < -0.4 is 15.6 Å². The Morgan fingerprint density at radius 1 is 1.02 bits per heavy atom. The van der Waals surface area contributed by atoms with E-state index in [0.717, 1.165) is 49.4 Å². The molecule has 40 heavy (non-hydrogen) atoms. The van der Waals surface area contributed by atoms with E-state index in [2.05, 4.69) is 9.89 Å². The number of amides is 1. The van der Waals surface area contributed by atoms with Crippen LogP contribution in [0.25, 0.3) is 10.8 Å². The average molecular weight is 610 g/mol. The highest BCUT2D eigenvalue weighted by Gasteiger charge is 2.21. The number of hydrogen-bond acceptors (Lipinski definition) is 6. The third kappa shape index (κ3) is 8.31. The molecule has 3 aromatic rings. The van der Waals surface area contributed by atoms with Crippen LogP contribution in [-0.4, -0.2) is 54.4 Å². The number of nitrogens with two attached hydrogens (primary N) is 2. The molecular formula is C27H34Cl2N6O4S. The van der Waals surface area contributed by atoms with Gasteiger partial charge in [-0.2, -0.15) is 8.42 Å². The molecule has 0 aliphatic carbocycles. The minimum atomic E-state index is -4.16. The van der Waals surface area contributed by atoms with E-state index in [1.54, 1.807) is 12.1 Å². The molecule has 0 atom stereocenters. The molecule has 0 aromatic heterocycles. The third-order valence-electron chi connectivity index (χ3n) is 6.49. The number of carbonyl (C=O) groups is 1. The first-order valence-corrected chi connectivity index (χ1v) is 13.7. The molecule has 13 heteroatoms. The van der Waals surface area contributed by atoms with E-state index in [4.69, 9.17) is 21.0 Å². The number of fused-ring (bicyclic) bond motifs is 1. The van der Waals surface area contributed by atoms with Crippen molar-refractivity contribution in [3.8, 4) is 5.75 Å². The lowest BCUT2D eigenvalue weighted by atomic mass is 10.0. The van der Waals surface area contributed by atoms with Crippen LogP contribution in [-0.2, 0) is 21.5 Å². The highest BCUT2D eigenvalue weighted by molar-refractivity contribution is 7.87. The van der Waals surface area contributed by atoms with E-state index in [9.17, 15) is 13.2 Å². The predicted octanol–water partition coefficient (Wildman–Crippen LogP) is 4.11. The lowest BCUT2D eigenvalue weighted by molar-refractivity contribution is -0.124. The SMILES string of the molecule is CC(=N)N1CCC(Oc2ccc(N=C(N)c3ccc4ccc(CN(C(C)=O)S(N)(=O)=O)cc4c3)cc2)CC1.Cl.Cl. The molecule has 0 spiro atoms.